The number of nitrogens with zero attached hydrogens (tertiary/aromatic N) is 3. The number of hydrogen-bond donors (Lipinski definition) is 5. The van der Waals surface area contributed by atoms with E-state index in [1.807, 2.05) is 31.2 Å². The molecule has 3 aromatic rings. The van der Waals surface area contributed by atoms with Crippen LogP contribution in [0, 0.1) is 12.8 Å². The Morgan fingerprint density at radius 2 is 2.06 bits per heavy atom. The van der Waals surface area contributed by atoms with Crippen molar-refractivity contribution in [2.45, 2.75) is 38.0 Å². The maximum absolute atomic E-state index is 12.5. The minimum Gasteiger partial charge on any atom is -0.396 e. The molecule has 3 atom stereocenters. The predicted octanol–water partition coefficient (Wildman–Crippen LogP) is 2.70. The van der Waals surface area contributed by atoms with Crippen LogP contribution >= 0.6 is 11.3 Å². The monoisotopic (exact) mass is 447 g/mol. The zero-order valence-corrected chi connectivity index (χ0v) is 18.0. The molecule has 8 nitrogen and oxygen atoms in total. The van der Waals surface area contributed by atoms with E-state index in [0.29, 0.717) is 47.4 Å². The molecule has 0 amide bonds. The van der Waals surface area contributed by atoms with Gasteiger partial charge in [-0.3, -0.25) is 4.39 Å². The molecule has 10 heteroatoms. The summed E-state index contributed by atoms with van der Waals surface area (Å²) in [7, 11) is 0. The van der Waals surface area contributed by atoms with Gasteiger partial charge in [0.2, 0.25) is 5.95 Å². The minimum atomic E-state index is -1.64. The zero-order chi connectivity index (χ0) is 22.0. The largest absolute Gasteiger partial charge is 0.396 e. The zero-order valence-electron chi connectivity index (χ0n) is 17.2. The minimum absolute atomic E-state index is 0.214. The quantitative estimate of drug-likeness (QED) is 0.264. The molecule has 0 bridgehead atoms. The SMILES string of the molecule is Cc1nc(NCCCF)nc(NC2(O)CCC(CO)C2O)c1-c1nc2ccccc2s1. The molecule has 1 aliphatic rings. The van der Waals surface area contributed by atoms with Gasteiger partial charge in [0.05, 0.1) is 28.1 Å². The summed E-state index contributed by atoms with van der Waals surface area (Å²) >= 11 is 1.48. The number of para-hydroxylation sites is 1. The highest BCUT2D eigenvalue weighted by molar-refractivity contribution is 7.21. The second-order valence-corrected chi connectivity index (χ2v) is 8.82. The van der Waals surface area contributed by atoms with Crippen LogP contribution in [0.25, 0.3) is 20.8 Å². The third kappa shape index (κ3) is 4.33. The van der Waals surface area contributed by atoms with E-state index in [9.17, 15) is 19.7 Å². The maximum Gasteiger partial charge on any atom is 0.224 e. The van der Waals surface area contributed by atoms with Gasteiger partial charge in [0.25, 0.3) is 0 Å². The van der Waals surface area contributed by atoms with E-state index in [1.165, 1.54) is 11.3 Å². The van der Waals surface area contributed by atoms with Gasteiger partial charge >= 0.3 is 0 Å². The van der Waals surface area contributed by atoms with E-state index in [-0.39, 0.29) is 13.0 Å². The van der Waals surface area contributed by atoms with Crippen molar-refractivity contribution in [1.82, 2.24) is 15.0 Å². The first-order valence-electron chi connectivity index (χ1n) is 10.3. The highest BCUT2D eigenvalue weighted by Crippen LogP contribution is 2.40. The molecule has 5 N–H and O–H groups in total. The third-order valence-electron chi connectivity index (χ3n) is 5.59. The number of aryl methyl sites for hydroxylation is 1. The molecular formula is C21H26FN5O3S. The first-order chi connectivity index (χ1) is 14.9. The summed E-state index contributed by atoms with van der Waals surface area (Å²) in [6, 6.07) is 7.76. The van der Waals surface area contributed by atoms with Crippen molar-refractivity contribution in [3.63, 3.8) is 0 Å². The summed E-state index contributed by atoms with van der Waals surface area (Å²) < 4.78 is 13.5. The summed E-state index contributed by atoms with van der Waals surface area (Å²) in [6.07, 6.45) is -0.0969. The number of alkyl halides is 1. The Bertz CT molecular complexity index is 1030. The fraction of sp³-hybridized carbons (Fsp3) is 0.476. The Labute approximate surface area is 183 Å². The molecule has 3 unspecified atom stereocenters. The highest BCUT2D eigenvalue weighted by Gasteiger charge is 2.47. The Hall–Kier alpha value is -2.40. The smallest absolute Gasteiger partial charge is 0.224 e. The van der Waals surface area contributed by atoms with E-state index < -0.39 is 24.4 Å². The number of nitrogens with one attached hydrogen (secondary N) is 2. The predicted molar refractivity (Wildman–Crippen MR) is 119 cm³/mol. The molecule has 0 saturated heterocycles. The summed E-state index contributed by atoms with van der Waals surface area (Å²) in [5.41, 5.74) is 0.466. The Balaban J connectivity index is 1.76. The van der Waals surface area contributed by atoms with Gasteiger partial charge in [0.1, 0.15) is 16.9 Å². The van der Waals surface area contributed by atoms with Crippen molar-refractivity contribution in [2.24, 2.45) is 5.92 Å². The molecule has 0 spiro atoms. The number of anilines is 2. The number of aliphatic hydroxyl groups is 3. The first kappa shape index (κ1) is 21.8. The second-order valence-electron chi connectivity index (χ2n) is 7.79. The number of aliphatic hydroxyl groups excluding tert-OH is 2. The van der Waals surface area contributed by atoms with Crippen molar-refractivity contribution in [3.8, 4) is 10.6 Å². The molecule has 4 rings (SSSR count). The summed E-state index contributed by atoms with van der Waals surface area (Å²) in [6.45, 7) is 1.53. The van der Waals surface area contributed by atoms with Crippen LogP contribution in [0.5, 0.6) is 0 Å². The lowest BCUT2D eigenvalue weighted by Crippen LogP contribution is -2.48. The number of fused-ring (bicyclic) bond motifs is 1. The van der Waals surface area contributed by atoms with Crippen molar-refractivity contribution < 1.29 is 19.7 Å². The van der Waals surface area contributed by atoms with Crippen LogP contribution < -0.4 is 10.6 Å². The van der Waals surface area contributed by atoms with Gasteiger partial charge in [0.15, 0.2) is 5.72 Å². The van der Waals surface area contributed by atoms with Crippen LogP contribution in [0.2, 0.25) is 0 Å². The number of hydrogen-bond acceptors (Lipinski definition) is 9. The first-order valence-corrected chi connectivity index (χ1v) is 11.1. The Morgan fingerprint density at radius 1 is 1.26 bits per heavy atom. The molecule has 1 aliphatic carbocycles. The van der Waals surface area contributed by atoms with Gasteiger partial charge in [-0.1, -0.05) is 12.1 Å². The fourth-order valence-corrected chi connectivity index (χ4v) is 4.94. The van der Waals surface area contributed by atoms with Gasteiger partial charge in [-0.25, -0.2) is 9.97 Å². The molecule has 166 valence electrons. The van der Waals surface area contributed by atoms with Gasteiger partial charge in [-0.2, -0.15) is 4.98 Å². The average Bonchev–Trinajstić information content (AvgIpc) is 3.29. The Morgan fingerprint density at radius 3 is 2.77 bits per heavy atom. The number of benzene rings is 1. The summed E-state index contributed by atoms with van der Waals surface area (Å²) in [5.74, 6) is 0.205. The van der Waals surface area contributed by atoms with Crippen LogP contribution in [-0.4, -0.2) is 61.9 Å². The number of thiazole rings is 1. The second kappa shape index (κ2) is 8.99. The van der Waals surface area contributed by atoms with Crippen molar-refractivity contribution in [2.75, 3.05) is 30.5 Å². The van der Waals surface area contributed by atoms with Gasteiger partial charge in [-0.15, -0.1) is 11.3 Å². The molecule has 1 fully saturated rings. The highest BCUT2D eigenvalue weighted by atomic mass is 32.1. The van der Waals surface area contributed by atoms with Crippen molar-refractivity contribution in [3.05, 3.63) is 30.0 Å². The van der Waals surface area contributed by atoms with Crippen LogP contribution in [0.15, 0.2) is 24.3 Å². The van der Waals surface area contributed by atoms with Gasteiger partial charge in [-0.05, 0) is 38.3 Å². The molecular weight excluding hydrogens is 421 g/mol. The lowest BCUT2D eigenvalue weighted by molar-refractivity contribution is -0.0545. The summed E-state index contributed by atoms with van der Waals surface area (Å²) in [5, 5.41) is 37.9. The summed E-state index contributed by atoms with van der Waals surface area (Å²) in [4.78, 5) is 13.7. The fourth-order valence-electron chi connectivity index (χ4n) is 3.88. The van der Waals surface area contributed by atoms with E-state index in [1.54, 1.807) is 0 Å². The van der Waals surface area contributed by atoms with E-state index >= 15 is 0 Å². The molecule has 1 aromatic carbocycles. The van der Waals surface area contributed by atoms with E-state index in [2.05, 4.69) is 20.6 Å². The topological polar surface area (TPSA) is 123 Å². The lowest BCUT2D eigenvalue weighted by Gasteiger charge is -2.31. The van der Waals surface area contributed by atoms with E-state index in [0.717, 1.165) is 10.2 Å². The van der Waals surface area contributed by atoms with Crippen LogP contribution in [-0.2, 0) is 0 Å². The van der Waals surface area contributed by atoms with Crippen LogP contribution in [0.3, 0.4) is 0 Å². The molecule has 2 aromatic heterocycles. The van der Waals surface area contributed by atoms with Gasteiger partial charge < -0.3 is 26.0 Å². The molecule has 1 saturated carbocycles. The maximum atomic E-state index is 12.5. The molecule has 0 radical (unpaired) electrons. The number of aromatic nitrogens is 3. The number of rotatable bonds is 8. The molecule has 0 aliphatic heterocycles. The lowest BCUT2D eigenvalue weighted by atomic mass is 10.0. The van der Waals surface area contributed by atoms with Crippen molar-refractivity contribution in [1.29, 1.82) is 0 Å². The molecule has 2 heterocycles. The van der Waals surface area contributed by atoms with Gasteiger partial charge in [0, 0.05) is 19.1 Å². The van der Waals surface area contributed by atoms with Crippen molar-refractivity contribution >= 4 is 33.3 Å². The molecule has 31 heavy (non-hydrogen) atoms. The van der Waals surface area contributed by atoms with Crippen LogP contribution in [0.1, 0.15) is 25.0 Å². The Kier molecular flexibility index (Phi) is 6.33. The van der Waals surface area contributed by atoms with Crippen LogP contribution in [0.4, 0.5) is 16.2 Å². The average molecular weight is 448 g/mol. The normalized spacial score (nSPS) is 23.4. The standard InChI is InChI=1S/C21H26FN5O3S/c1-12-16(19-25-14-5-2-3-6-15(14)31-19)18(26-20(24-12)23-10-4-9-22)27-21(30)8-7-13(11-28)17(21)29/h2-3,5-6,13,17,28-30H,4,7-11H2,1H3,(H2,23,24,26,27). The van der Waals surface area contributed by atoms with E-state index in [4.69, 9.17) is 4.98 Å². The number of halogens is 1. The third-order valence-corrected chi connectivity index (χ3v) is 6.65.